The van der Waals surface area contributed by atoms with Crippen molar-refractivity contribution in [3.63, 3.8) is 0 Å². The van der Waals surface area contributed by atoms with Crippen LogP contribution < -0.4 is 28.4 Å². The molecule has 9 aromatic rings. The molecule has 0 aliphatic rings. The lowest BCUT2D eigenvalue weighted by Crippen LogP contribution is -1.97. The minimum absolute atomic E-state index is 0.709. The topological polar surface area (TPSA) is 55.4 Å². The zero-order valence-electron chi connectivity index (χ0n) is 73.0. The minimum atomic E-state index is 0.709. The van der Waals surface area contributed by atoms with Crippen LogP contribution in [0.3, 0.4) is 0 Å². The molecule has 0 radical (unpaired) electrons. The van der Waals surface area contributed by atoms with Gasteiger partial charge in [-0.05, 0) is 216 Å². The molecule has 0 amide bonds. The highest BCUT2D eigenvalue weighted by Crippen LogP contribution is 2.38. The number of methoxy groups -OCH3 is 2. The Morgan fingerprint density at radius 1 is 0.178 bits per heavy atom. The van der Waals surface area contributed by atoms with E-state index in [1.54, 1.807) is 14.2 Å². The van der Waals surface area contributed by atoms with E-state index in [9.17, 15) is 0 Å². The molecule has 0 bridgehead atoms. The van der Waals surface area contributed by atoms with Crippen molar-refractivity contribution in [2.24, 2.45) is 0 Å². The highest BCUT2D eigenvalue weighted by atomic mass is 16.5. The van der Waals surface area contributed by atoms with Crippen LogP contribution >= 0.6 is 0 Å². The summed E-state index contributed by atoms with van der Waals surface area (Å²) in [6.07, 6.45) is 51.6. The van der Waals surface area contributed by atoms with Crippen molar-refractivity contribution in [2.45, 2.75) is 285 Å². The van der Waals surface area contributed by atoms with Crippen molar-refractivity contribution >= 4 is 0 Å². The van der Waals surface area contributed by atoms with Gasteiger partial charge in [-0.3, -0.25) is 0 Å². The summed E-state index contributed by atoms with van der Waals surface area (Å²) in [5, 5.41) is 0. The third-order valence-electron chi connectivity index (χ3n) is 22.5. The third kappa shape index (κ3) is 34.5. The number of benzene rings is 9. The van der Waals surface area contributed by atoms with Gasteiger partial charge >= 0.3 is 0 Å². The van der Waals surface area contributed by atoms with Crippen LogP contribution in [0.1, 0.15) is 329 Å². The molecule has 118 heavy (non-hydrogen) atoms. The maximum Gasteiger partial charge on any atom is 0.119 e. The number of ether oxygens (including phenoxy) is 6. The predicted octanol–water partition coefficient (Wildman–Crippen LogP) is 31.2. The zero-order chi connectivity index (χ0) is 82.3. The summed E-state index contributed by atoms with van der Waals surface area (Å²) in [6, 6.07) is 67.2. The normalized spacial score (nSPS) is 10.8. The second-order valence-electron chi connectivity index (χ2n) is 32.1. The van der Waals surface area contributed by atoms with Crippen LogP contribution in [-0.4, -0.2) is 40.6 Å². The molecule has 9 rings (SSSR count). The Hall–Kier alpha value is -9.98. The van der Waals surface area contributed by atoms with Gasteiger partial charge in [0.15, 0.2) is 0 Å². The van der Waals surface area contributed by atoms with E-state index >= 15 is 0 Å². The standard InChI is InChI=1S/C112H138O6/c1-7-11-15-19-23-27-31-35-39-43-83-115-105-71-51-91(52-72-105)47-59-99-89-111(97-67-79-103(113-5)80-68-97)101(61-49-93-55-75-107(76-56-93)117-85-45-41-37-33-29-25-21-17-13-9-3)87-109(99)95-63-65-96(66-64-95)110-88-102(62-50-94-57-77-108(78-58-94)118-86-46-42-38-34-30-26-22-18-14-10-4)112(98-69-81-104(114-6)82-70-98)90-100(110)60-48-92-53-73-106(74-54-92)116-84-44-40-36-32-28-24-20-16-12-8-2/h51-58,63-82,87-90H,7-46,83-86H2,1-6H3. The Labute approximate surface area is 714 Å². The molecule has 0 aliphatic carbocycles. The fourth-order valence-electron chi connectivity index (χ4n) is 15.2. The predicted molar refractivity (Wildman–Crippen MR) is 500 cm³/mol. The molecule has 9 aromatic carbocycles. The molecule has 0 heterocycles. The van der Waals surface area contributed by atoms with Crippen molar-refractivity contribution < 1.29 is 28.4 Å². The van der Waals surface area contributed by atoms with Gasteiger partial charge in [-0.2, -0.15) is 0 Å². The van der Waals surface area contributed by atoms with Crippen molar-refractivity contribution in [3.05, 3.63) is 239 Å². The van der Waals surface area contributed by atoms with Crippen LogP contribution in [0.25, 0.3) is 44.5 Å². The molecule has 0 saturated carbocycles. The maximum atomic E-state index is 6.29. The first-order chi connectivity index (χ1) is 58.3. The fraction of sp³-hybridized carbons (Fsp3) is 0.446. The van der Waals surface area contributed by atoms with Crippen LogP contribution in [0.2, 0.25) is 0 Å². The summed E-state index contributed by atoms with van der Waals surface area (Å²) in [4.78, 5) is 0. The van der Waals surface area contributed by atoms with Crippen LogP contribution in [0.15, 0.2) is 194 Å². The summed E-state index contributed by atoms with van der Waals surface area (Å²) < 4.78 is 36.5. The molecular formula is C112H138O6. The Bertz CT molecular complexity index is 4230. The third-order valence-corrected chi connectivity index (χ3v) is 22.5. The number of rotatable bonds is 54. The second kappa shape index (κ2) is 56.4. The van der Waals surface area contributed by atoms with Crippen LogP contribution in [0, 0.1) is 47.4 Å². The molecule has 0 spiro atoms. The molecule has 622 valence electrons. The lowest BCUT2D eigenvalue weighted by Gasteiger charge is -2.15. The molecule has 0 unspecified atom stereocenters. The smallest absolute Gasteiger partial charge is 0.119 e. The Balaban J connectivity index is 1.04. The first kappa shape index (κ1) is 91.9. The van der Waals surface area contributed by atoms with Crippen molar-refractivity contribution in [1.29, 1.82) is 0 Å². The van der Waals surface area contributed by atoms with E-state index in [0.717, 1.165) is 149 Å². The van der Waals surface area contributed by atoms with E-state index in [0.29, 0.717) is 26.4 Å². The quantitative estimate of drug-likeness (QED) is 0.0280. The van der Waals surface area contributed by atoms with E-state index < -0.39 is 0 Å². The van der Waals surface area contributed by atoms with Gasteiger partial charge < -0.3 is 28.4 Å². The summed E-state index contributed by atoms with van der Waals surface area (Å²) in [5.74, 6) is 34.1. The molecule has 0 saturated heterocycles. The molecule has 6 heteroatoms. The highest BCUT2D eigenvalue weighted by molar-refractivity contribution is 5.86. The van der Waals surface area contributed by atoms with Gasteiger partial charge in [0.1, 0.15) is 34.5 Å². The molecule has 0 aliphatic heterocycles. The van der Waals surface area contributed by atoms with Crippen molar-refractivity contribution in [3.8, 4) is 126 Å². The second-order valence-corrected chi connectivity index (χ2v) is 32.1. The summed E-state index contributed by atoms with van der Waals surface area (Å²) in [5.41, 5.74) is 14.9. The molecule has 0 N–H and O–H groups in total. The molecule has 0 fully saturated rings. The Morgan fingerprint density at radius 2 is 0.339 bits per heavy atom. The zero-order valence-corrected chi connectivity index (χ0v) is 73.0. The van der Waals surface area contributed by atoms with Crippen LogP contribution in [-0.2, 0) is 0 Å². The van der Waals surface area contributed by atoms with Gasteiger partial charge in [0.25, 0.3) is 0 Å². The largest absolute Gasteiger partial charge is 0.497 e. The fourth-order valence-corrected chi connectivity index (χ4v) is 15.2. The van der Waals surface area contributed by atoms with Crippen molar-refractivity contribution in [2.75, 3.05) is 40.6 Å². The first-order valence-electron chi connectivity index (χ1n) is 46.1. The summed E-state index contributed by atoms with van der Waals surface area (Å²) >= 11 is 0. The van der Waals surface area contributed by atoms with Gasteiger partial charge in [0, 0.05) is 44.5 Å². The van der Waals surface area contributed by atoms with Gasteiger partial charge in [0.2, 0.25) is 0 Å². The van der Waals surface area contributed by atoms with Crippen molar-refractivity contribution in [1.82, 2.24) is 0 Å². The number of hydrogen-bond donors (Lipinski definition) is 0. The lowest BCUT2D eigenvalue weighted by atomic mass is 9.88. The molecule has 0 aromatic heterocycles. The highest BCUT2D eigenvalue weighted by Gasteiger charge is 2.17. The average molecular weight is 1580 g/mol. The van der Waals surface area contributed by atoms with Crippen LogP contribution in [0.4, 0.5) is 0 Å². The Kier molecular flexibility index (Phi) is 43.9. The Morgan fingerprint density at radius 3 is 0.517 bits per heavy atom. The number of unbranched alkanes of at least 4 members (excludes halogenated alkanes) is 36. The number of hydrogen-bond acceptors (Lipinski definition) is 6. The maximum absolute atomic E-state index is 6.29. The van der Waals surface area contributed by atoms with E-state index in [2.05, 4.69) is 221 Å². The van der Waals surface area contributed by atoms with Gasteiger partial charge in [-0.1, -0.05) is 355 Å². The van der Waals surface area contributed by atoms with E-state index in [4.69, 9.17) is 28.4 Å². The van der Waals surface area contributed by atoms with Gasteiger partial charge in [0.05, 0.1) is 40.6 Å². The summed E-state index contributed by atoms with van der Waals surface area (Å²) in [6.45, 7) is 12.0. The SMILES string of the molecule is CCCCCCCCCCCCOc1ccc(C#Cc2cc(-c3ccc(-c4cc(C#Cc5ccc(OCCCCCCCCCCCC)cc5)c(-c5ccc(OC)cc5)cc4C#Cc4ccc(OCCCCCCCCCCCC)cc4)cc3)c(C#Cc3ccc(OCCCCCCCCCCCC)cc3)cc2-c2ccc(OC)cc2)cc1. The van der Waals surface area contributed by atoms with E-state index in [-0.39, 0.29) is 0 Å². The molecular weight excluding hydrogens is 1440 g/mol. The minimum Gasteiger partial charge on any atom is -0.497 e. The molecule has 0 atom stereocenters. The van der Waals surface area contributed by atoms with Gasteiger partial charge in [-0.25, -0.2) is 0 Å². The molecule has 6 nitrogen and oxygen atoms in total. The first-order valence-corrected chi connectivity index (χ1v) is 46.1. The van der Waals surface area contributed by atoms with Gasteiger partial charge in [-0.15, -0.1) is 0 Å². The monoisotopic (exact) mass is 1580 g/mol. The summed E-state index contributed by atoms with van der Waals surface area (Å²) in [7, 11) is 3.41. The van der Waals surface area contributed by atoms with E-state index in [1.165, 1.54) is 231 Å². The van der Waals surface area contributed by atoms with E-state index in [1.807, 2.05) is 48.5 Å². The average Bonchev–Trinajstić information content (AvgIpc) is 0.781. The lowest BCUT2D eigenvalue weighted by molar-refractivity contribution is 0.304. The van der Waals surface area contributed by atoms with Crippen LogP contribution in [0.5, 0.6) is 34.5 Å².